The Morgan fingerprint density at radius 3 is 1.44 bits per heavy atom. The molecule has 3 aliphatic rings. The summed E-state index contributed by atoms with van der Waals surface area (Å²) in [5.74, 6) is 0. The second-order valence-electron chi connectivity index (χ2n) is 19.1. The molecule has 11 aromatic carbocycles. The Kier molecular flexibility index (Phi) is 8.24. The molecule has 0 fully saturated rings. The summed E-state index contributed by atoms with van der Waals surface area (Å²) in [6, 6.07) is 99.7. The highest BCUT2D eigenvalue weighted by Gasteiger charge is 2.51. The zero-order chi connectivity index (χ0) is 46.0. The van der Waals surface area contributed by atoms with Gasteiger partial charge in [0.05, 0.1) is 33.2 Å². The average Bonchev–Trinajstić information content (AvgIpc) is 4.05. The summed E-state index contributed by atoms with van der Waals surface area (Å²) in [6.45, 7) is 0. The molecule has 326 valence electrons. The molecule has 2 aliphatic carbocycles. The van der Waals surface area contributed by atoms with Crippen molar-refractivity contribution in [3.63, 3.8) is 0 Å². The third kappa shape index (κ3) is 5.07. The van der Waals surface area contributed by atoms with Crippen LogP contribution < -0.4 is 4.90 Å². The summed E-state index contributed by atoms with van der Waals surface area (Å²) in [4.78, 5) is 2.51. The number of benzene rings is 11. The van der Waals surface area contributed by atoms with Crippen molar-refractivity contribution in [2.75, 3.05) is 4.90 Å². The quantitative estimate of drug-likeness (QED) is 0.161. The fourth-order valence-electron chi connectivity index (χ4n) is 13.2. The average molecular weight is 889 g/mol. The molecular formula is C68H44N2. The summed E-state index contributed by atoms with van der Waals surface area (Å²) >= 11 is 0. The molecule has 0 bridgehead atoms. The maximum absolute atomic E-state index is 2.55. The van der Waals surface area contributed by atoms with Crippen molar-refractivity contribution in [2.24, 2.45) is 0 Å². The molecule has 0 amide bonds. The molecular weight excluding hydrogens is 845 g/mol. The molecule has 0 saturated heterocycles. The minimum atomic E-state index is -0.543. The van der Waals surface area contributed by atoms with Crippen LogP contribution in [0.25, 0.3) is 60.9 Å². The summed E-state index contributed by atoms with van der Waals surface area (Å²) in [5, 5.41) is 2.47. The van der Waals surface area contributed by atoms with Crippen LogP contribution in [0.15, 0.2) is 267 Å². The first-order chi connectivity index (χ1) is 34.8. The van der Waals surface area contributed by atoms with Crippen LogP contribution in [0.2, 0.25) is 0 Å². The van der Waals surface area contributed by atoms with E-state index in [1.165, 1.54) is 105 Å². The SMILES string of the molecule is c1ccc(-c2ccccc2N(c2ccc3c(c2)C(c2ccccc2)(c2ccccc2)c2ccccc2-3)c2ccc3c(c2)c2cccc4c2n3-c2ccccc2C42c3ccccc3-c3ccccc32)cc1. The summed E-state index contributed by atoms with van der Waals surface area (Å²) in [6.07, 6.45) is 0. The molecule has 0 unspecified atom stereocenters. The van der Waals surface area contributed by atoms with Crippen LogP contribution in [0.3, 0.4) is 0 Å². The molecule has 2 heterocycles. The van der Waals surface area contributed by atoms with Crippen LogP contribution in [0.4, 0.5) is 17.1 Å². The van der Waals surface area contributed by atoms with Crippen LogP contribution in [0.5, 0.6) is 0 Å². The van der Waals surface area contributed by atoms with E-state index in [1.807, 2.05) is 0 Å². The summed E-state index contributed by atoms with van der Waals surface area (Å²) in [7, 11) is 0. The third-order valence-corrected chi connectivity index (χ3v) is 15.9. The van der Waals surface area contributed by atoms with Crippen molar-refractivity contribution >= 4 is 38.9 Å². The van der Waals surface area contributed by atoms with Crippen LogP contribution in [-0.2, 0) is 10.8 Å². The molecule has 12 aromatic rings. The summed E-state index contributed by atoms with van der Waals surface area (Å²) < 4.78 is 2.55. The number of fused-ring (bicyclic) bond motifs is 15. The highest BCUT2D eigenvalue weighted by atomic mass is 15.1. The van der Waals surface area contributed by atoms with Gasteiger partial charge in [0.25, 0.3) is 0 Å². The Morgan fingerprint density at radius 2 is 0.786 bits per heavy atom. The Hall–Kier alpha value is -8.98. The zero-order valence-corrected chi connectivity index (χ0v) is 38.3. The van der Waals surface area contributed by atoms with Gasteiger partial charge in [-0.2, -0.15) is 0 Å². The Labute approximate surface area is 407 Å². The third-order valence-electron chi connectivity index (χ3n) is 15.9. The lowest BCUT2D eigenvalue weighted by atomic mass is 9.65. The van der Waals surface area contributed by atoms with Crippen LogP contribution in [-0.4, -0.2) is 4.57 Å². The van der Waals surface area contributed by atoms with Crippen molar-refractivity contribution in [2.45, 2.75) is 10.8 Å². The predicted octanol–water partition coefficient (Wildman–Crippen LogP) is 17.0. The number of aromatic nitrogens is 1. The van der Waals surface area contributed by atoms with Gasteiger partial charge in [-0.3, -0.25) is 0 Å². The fourth-order valence-corrected chi connectivity index (χ4v) is 13.2. The molecule has 0 atom stereocenters. The smallest absolute Gasteiger partial charge is 0.0754 e. The number of hydrogen-bond acceptors (Lipinski definition) is 1. The highest BCUT2D eigenvalue weighted by Crippen LogP contribution is 2.62. The number of rotatable bonds is 6. The van der Waals surface area contributed by atoms with Gasteiger partial charge >= 0.3 is 0 Å². The van der Waals surface area contributed by atoms with E-state index in [-0.39, 0.29) is 0 Å². The van der Waals surface area contributed by atoms with E-state index in [2.05, 4.69) is 276 Å². The normalized spacial score (nSPS) is 13.9. The van der Waals surface area contributed by atoms with Gasteiger partial charge < -0.3 is 9.47 Å². The first kappa shape index (κ1) is 39.1. The monoisotopic (exact) mass is 888 g/mol. The van der Waals surface area contributed by atoms with Crippen molar-refractivity contribution in [3.05, 3.63) is 311 Å². The maximum Gasteiger partial charge on any atom is 0.0754 e. The Morgan fingerprint density at radius 1 is 0.300 bits per heavy atom. The lowest BCUT2D eigenvalue weighted by Gasteiger charge is -2.39. The van der Waals surface area contributed by atoms with Gasteiger partial charge in [-0.1, -0.05) is 224 Å². The number of nitrogens with zero attached hydrogens (tertiary/aromatic N) is 2. The predicted molar refractivity (Wildman–Crippen MR) is 289 cm³/mol. The van der Waals surface area contributed by atoms with Crippen molar-refractivity contribution < 1.29 is 0 Å². The number of hydrogen-bond donors (Lipinski definition) is 0. The van der Waals surface area contributed by atoms with Gasteiger partial charge in [-0.05, 0) is 115 Å². The molecule has 2 heteroatoms. The van der Waals surface area contributed by atoms with Crippen molar-refractivity contribution in [1.82, 2.24) is 4.57 Å². The van der Waals surface area contributed by atoms with Gasteiger partial charge in [0.15, 0.2) is 0 Å². The van der Waals surface area contributed by atoms with E-state index in [4.69, 9.17) is 0 Å². The minimum Gasteiger partial charge on any atom is -0.310 e. The van der Waals surface area contributed by atoms with E-state index in [0.717, 1.165) is 17.1 Å². The van der Waals surface area contributed by atoms with E-state index in [9.17, 15) is 0 Å². The molecule has 0 N–H and O–H groups in total. The molecule has 1 spiro atoms. The largest absolute Gasteiger partial charge is 0.310 e. The Bertz CT molecular complexity index is 3980. The molecule has 0 radical (unpaired) electrons. The first-order valence-electron chi connectivity index (χ1n) is 24.4. The van der Waals surface area contributed by atoms with Crippen LogP contribution in [0.1, 0.15) is 44.5 Å². The standard InChI is InChI=1S/C68H44N2/c1-4-21-45(22-5-1)50-27-13-18-37-63(50)69(49-39-41-54-53-30-10-14-32-57(53)67(62(54)44-49,46-23-6-2-7-24-46)47-25-8-3-9-26-47)48-40-42-64-56(43-48)55-31-20-36-61-66(55)70(64)65-38-19-17-35-60(65)68(61)58-33-15-11-28-51(58)52-29-12-16-34-59(52)68/h1-44H. The zero-order valence-electron chi connectivity index (χ0n) is 38.3. The highest BCUT2D eigenvalue weighted by molar-refractivity contribution is 6.14. The van der Waals surface area contributed by atoms with E-state index < -0.39 is 10.8 Å². The molecule has 2 nitrogen and oxygen atoms in total. The topological polar surface area (TPSA) is 8.17 Å². The lowest BCUT2D eigenvalue weighted by Crippen LogP contribution is -2.33. The number of anilines is 3. The molecule has 1 aromatic heterocycles. The number of para-hydroxylation sites is 3. The van der Waals surface area contributed by atoms with Crippen LogP contribution >= 0.6 is 0 Å². The molecule has 15 rings (SSSR count). The molecule has 70 heavy (non-hydrogen) atoms. The lowest BCUT2D eigenvalue weighted by molar-refractivity contribution is 0.748. The van der Waals surface area contributed by atoms with Crippen molar-refractivity contribution in [3.8, 4) is 39.1 Å². The Balaban J connectivity index is 1.02. The van der Waals surface area contributed by atoms with Gasteiger partial charge in [0.1, 0.15) is 0 Å². The van der Waals surface area contributed by atoms with Gasteiger partial charge in [-0.15, -0.1) is 0 Å². The van der Waals surface area contributed by atoms with Gasteiger partial charge in [0, 0.05) is 27.7 Å². The van der Waals surface area contributed by atoms with Crippen LogP contribution in [0, 0.1) is 0 Å². The second-order valence-corrected chi connectivity index (χ2v) is 19.1. The molecule has 0 saturated carbocycles. The molecule has 1 aliphatic heterocycles. The first-order valence-corrected chi connectivity index (χ1v) is 24.4. The maximum atomic E-state index is 2.55. The minimum absolute atomic E-state index is 0.469. The van der Waals surface area contributed by atoms with Gasteiger partial charge in [0.2, 0.25) is 0 Å². The van der Waals surface area contributed by atoms with E-state index in [1.54, 1.807) is 0 Å². The van der Waals surface area contributed by atoms with E-state index in [0.29, 0.717) is 0 Å². The second kappa shape index (κ2) is 14.8. The fraction of sp³-hybridized carbons (Fsp3) is 0.0294. The van der Waals surface area contributed by atoms with Crippen molar-refractivity contribution in [1.29, 1.82) is 0 Å². The summed E-state index contributed by atoms with van der Waals surface area (Å²) in [5.41, 5.74) is 23.9. The van der Waals surface area contributed by atoms with E-state index >= 15 is 0 Å². The van der Waals surface area contributed by atoms with Gasteiger partial charge in [-0.25, -0.2) is 0 Å².